The third kappa shape index (κ3) is 3.27. The van der Waals surface area contributed by atoms with Crippen LogP contribution in [-0.2, 0) is 11.3 Å². The largest absolute Gasteiger partial charge is 0.497 e. The van der Waals surface area contributed by atoms with E-state index in [-0.39, 0.29) is 17.9 Å². The Kier molecular flexibility index (Phi) is 4.99. The summed E-state index contributed by atoms with van der Waals surface area (Å²) in [6.45, 7) is 4.44. The van der Waals surface area contributed by atoms with Crippen LogP contribution in [0.5, 0.6) is 5.75 Å². The first-order valence-corrected chi connectivity index (χ1v) is 11.3. The molecule has 32 heavy (non-hydrogen) atoms. The lowest BCUT2D eigenvalue weighted by Crippen LogP contribution is -2.65. The van der Waals surface area contributed by atoms with E-state index in [1.807, 2.05) is 35.8 Å². The van der Waals surface area contributed by atoms with Gasteiger partial charge in [-0.05, 0) is 50.7 Å². The van der Waals surface area contributed by atoms with E-state index >= 15 is 0 Å². The molecule has 1 N–H and O–H groups in total. The molecule has 1 aliphatic carbocycles. The van der Waals surface area contributed by atoms with Crippen LogP contribution in [-0.4, -0.2) is 35.1 Å². The molecule has 3 heterocycles. The maximum atomic E-state index is 13.8. The van der Waals surface area contributed by atoms with Crippen LogP contribution >= 0.6 is 0 Å². The third-order valence-corrected chi connectivity index (χ3v) is 7.06. The molecule has 0 bridgehead atoms. The van der Waals surface area contributed by atoms with Crippen LogP contribution in [0.25, 0.3) is 11.1 Å². The van der Waals surface area contributed by atoms with Gasteiger partial charge in [0, 0.05) is 29.9 Å². The highest BCUT2D eigenvalue weighted by molar-refractivity contribution is 6.13. The average Bonchev–Trinajstić information content (AvgIpc) is 3.38. The second-order valence-electron chi connectivity index (χ2n) is 9.33. The number of methoxy groups -OCH3 is 1. The predicted molar refractivity (Wildman–Crippen MR) is 122 cm³/mol. The fourth-order valence-corrected chi connectivity index (χ4v) is 5.11. The normalized spacial score (nSPS) is 25.6. The van der Waals surface area contributed by atoms with Crippen LogP contribution in [0.15, 0.2) is 47.1 Å². The quantitative estimate of drug-likeness (QED) is 0.661. The molecule has 168 valence electrons. The Morgan fingerprint density at radius 1 is 1.19 bits per heavy atom. The lowest BCUT2D eigenvalue weighted by molar-refractivity contribution is -0.127. The first-order valence-electron chi connectivity index (χ1n) is 11.3. The zero-order valence-electron chi connectivity index (χ0n) is 18.8. The number of carbonyl (C=O) groups excluding carboxylic acids is 2. The molecule has 0 radical (unpaired) electrons. The number of benzene rings is 1. The Balaban J connectivity index is 1.57. The number of rotatable bonds is 4. The average molecular weight is 436 g/mol. The number of fused-ring (bicyclic) bond motifs is 3. The van der Waals surface area contributed by atoms with Gasteiger partial charge in [-0.15, -0.1) is 0 Å². The Bertz CT molecular complexity index is 1170. The van der Waals surface area contributed by atoms with Gasteiger partial charge >= 0.3 is 0 Å². The lowest BCUT2D eigenvalue weighted by Gasteiger charge is -2.44. The molecule has 2 amide bonds. The second-order valence-corrected chi connectivity index (χ2v) is 9.33. The van der Waals surface area contributed by atoms with Gasteiger partial charge < -0.3 is 19.0 Å². The molecule has 2 aliphatic rings. The zero-order valence-corrected chi connectivity index (χ0v) is 18.8. The highest BCUT2D eigenvalue weighted by Gasteiger charge is 2.49. The van der Waals surface area contributed by atoms with Gasteiger partial charge in [-0.3, -0.25) is 14.5 Å². The summed E-state index contributed by atoms with van der Waals surface area (Å²) in [6.07, 6.45) is 5.76. The number of carbonyl (C=O) groups is 2. The summed E-state index contributed by atoms with van der Waals surface area (Å²) in [5.74, 6) is 0.962. The molecule has 7 heteroatoms. The van der Waals surface area contributed by atoms with Crippen molar-refractivity contribution in [1.29, 1.82) is 0 Å². The van der Waals surface area contributed by atoms with Crippen molar-refractivity contribution in [3.8, 4) is 5.75 Å². The number of nitrogens with one attached hydrogen (secondary N) is 1. The first-order chi connectivity index (χ1) is 15.4. The van der Waals surface area contributed by atoms with Gasteiger partial charge in [0.2, 0.25) is 5.91 Å². The highest BCUT2D eigenvalue weighted by Crippen LogP contribution is 2.37. The summed E-state index contributed by atoms with van der Waals surface area (Å²) in [6, 6.07) is 11.0. The lowest BCUT2D eigenvalue weighted by atomic mass is 9.86. The van der Waals surface area contributed by atoms with Gasteiger partial charge in [0.15, 0.2) is 5.58 Å². The maximum absolute atomic E-state index is 13.8. The highest BCUT2D eigenvalue weighted by atomic mass is 16.5. The minimum atomic E-state index is -1.11. The summed E-state index contributed by atoms with van der Waals surface area (Å²) in [5, 5.41) is 3.26. The van der Waals surface area contributed by atoms with Gasteiger partial charge in [-0.25, -0.2) is 0 Å². The summed E-state index contributed by atoms with van der Waals surface area (Å²) in [5.41, 5.74) is 1.50. The van der Waals surface area contributed by atoms with Crippen molar-refractivity contribution in [2.24, 2.45) is 5.92 Å². The molecule has 1 atom stereocenters. The molecule has 0 spiro atoms. The van der Waals surface area contributed by atoms with Gasteiger partial charge in [0.25, 0.3) is 5.91 Å². The van der Waals surface area contributed by atoms with Crippen molar-refractivity contribution >= 4 is 28.6 Å². The minimum absolute atomic E-state index is 0.135. The van der Waals surface area contributed by atoms with Gasteiger partial charge in [0.05, 0.1) is 25.4 Å². The molecular weight excluding hydrogens is 406 g/mol. The van der Waals surface area contributed by atoms with Crippen molar-refractivity contribution < 1.29 is 18.7 Å². The molecule has 2 aromatic heterocycles. The van der Waals surface area contributed by atoms with E-state index in [0.717, 1.165) is 31.2 Å². The molecule has 5 rings (SSSR count). The molecule has 7 nitrogen and oxygen atoms in total. The molecule has 3 aromatic rings. The summed E-state index contributed by atoms with van der Waals surface area (Å²) < 4.78 is 12.8. The Hall–Kier alpha value is -3.22. The van der Waals surface area contributed by atoms with Crippen molar-refractivity contribution in [1.82, 2.24) is 9.88 Å². The van der Waals surface area contributed by atoms with E-state index in [9.17, 15) is 9.59 Å². The zero-order chi connectivity index (χ0) is 22.5. The maximum Gasteiger partial charge on any atom is 0.276 e. The molecular formula is C25H29N3O4. The summed E-state index contributed by atoms with van der Waals surface area (Å²) in [7, 11) is 1.59. The minimum Gasteiger partial charge on any atom is -0.497 e. The van der Waals surface area contributed by atoms with E-state index < -0.39 is 5.54 Å². The number of ether oxygens (including phenoxy) is 1. The van der Waals surface area contributed by atoms with Crippen LogP contribution in [0.3, 0.4) is 0 Å². The monoisotopic (exact) mass is 435 g/mol. The molecule has 1 aromatic carbocycles. The Morgan fingerprint density at radius 2 is 1.97 bits per heavy atom. The van der Waals surface area contributed by atoms with E-state index in [1.165, 1.54) is 0 Å². The van der Waals surface area contributed by atoms with Crippen LogP contribution in [0.1, 0.15) is 50.0 Å². The second kappa shape index (κ2) is 7.73. The fourth-order valence-electron chi connectivity index (χ4n) is 5.11. The van der Waals surface area contributed by atoms with E-state index in [2.05, 4.69) is 12.2 Å². The van der Waals surface area contributed by atoms with Gasteiger partial charge in [-0.2, -0.15) is 0 Å². The van der Waals surface area contributed by atoms with E-state index in [0.29, 0.717) is 35.2 Å². The van der Waals surface area contributed by atoms with E-state index in [4.69, 9.17) is 9.15 Å². The number of aromatic nitrogens is 1. The van der Waals surface area contributed by atoms with Crippen molar-refractivity contribution in [2.45, 2.75) is 57.7 Å². The van der Waals surface area contributed by atoms with Gasteiger partial charge in [-0.1, -0.05) is 13.0 Å². The number of anilines is 1. The predicted octanol–water partition coefficient (Wildman–Crippen LogP) is 4.36. The van der Waals surface area contributed by atoms with Crippen molar-refractivity contribution in [2.75, 3.05) is 12.0 Å². The summed E-state index contributed by atoms with van der Waals surface area (Å²) in [4.78, 5) is 29.2. The smallest absolute Gasteiger partial charge is 0.276 e. The van der Waals surface area contributed by atoms with Crippen molar-refractivity contribution in [3.05, 3.63) is 48.4 Å². The molecule has 1 saturated carbocycles. The van der Waals surface area contributed by atoms with Crippen LogP contribution in [0.4, 0.5) is 5.69 Å². The standard InChI is InChI=1S/C25H29N3O4/c1-16-7-9-17(10-8-16)26-24(30)25(2)15-27-20-11-12-32-22(20)14-21(27)23(29)28(25)18-5-4-6-19(13-18)31-3/h4-6,11-14,16-17H,7-10,15H2,1-3H3,(H,26,30)/t16?,17?,25-/m0/s1. The van der Waals surface area contributed by atoms with Crippen molar-refractivity contribution in [3.63, 3.8) is 0 Å². The SMILES string of the molecule is COc1cccc(N2C(=O)c3cc4occc4n3C[C@@]2(C)C(=O)NC2CCC(C)CC2)c1. The van der Waals surface area contributed by atoms with E-state index in [1.54, 1.807) is 30.4 Å². The number of hydrogen-bond donors (Lipinski definition) is 1. The number of amides is 2. The van der Waals surface area contributed by atoms with Crippen LogP contribution < -0.4 is 15.0 Å². The van der Waals surface area contributed by atoms with Gasteiger partial charge in [0.1, 0.15) is 17.0 Å². The Labute approximate surface area is 187 Å². The Morgan fingerprint density at radius 3 is 2.72 bits per heavy atom. The topological polar surface area (TPSA) is 76.7 Å². The summed E-state index contributed by atoms with van der Waals surface area (Å²) >= 11 is 0. The molecule has 0 saturated heterocycles. The fraction of sp³-hybridized carbons (Fsp3) is 0.440. The third-order valence-electron chi connectivity index (χ3n) is 7.06. The van der Waals surface area contributed by atoms with Crippen LogP contribution in [0, 0.1) is 5.92 Å². The number of hydrogen-bond acceptors (Lipinski definition) is 4. The molecule has 1 fully saturated rings. The first kappa shape index (κ1) is 20.7. The number of furan rings is 1. The van der Waals surface area contributed by atoms with Crippen LogP contribution in [0.2, 0.25) is 0 Å². The molecule has 1 aliphatic heterocycles. The number of nitrogens with zero attached hydrogens (tertiary/aromatic N) is 2. The molecule has 0 unspecified atom stereocenters.